The van der Waals surface area contributed by atoms with Crippen molar-refractivity contribution >= 4 is 11.9 Å². The molecule has 514 valence electrons. The Bertz CT molecular complexity index is 1980. The largest absolute Gasteiger partial charge is 0.454 e. The van der Waals surface area contributed by atoms with Crippen LogP contribution < -0.4 is 5.32 Å². The predicted molar refractivity (Wildman–Crippen MR) is 379 cm³/mol. The van der Waals surface area contributed by atoms with Crippen LogP contribution in [0.15, 0.2) is 134 Å². The summed E-state index contributed by atoms with van der Waals surface area (Å²) in [7, 11) is 0. The zero-order chi connectivity index (χ0) is 65.3. The topological polar surface area (TPSA) is 175 Å². The lowest BCUT2D eigenvalue weighted by Crippen LogP contribution is -2.61. The van der Waals surface area contributed by atoms with Crippen LogP contribution in [-0.4, -0.2) is 99.6 Å². The van der Waals surface area contributed by atoms with E-state index in [0.717, 1.165) is 167 Å². The van der Waals surface area contributed by atoms with Gasteiger partial charge in [-0.15, -0.1) is 0 Å². The van der Waals surface area contributed by atoms with Gasteiger partial charge >= 0.3 is 5.97 Å². The van der Waals surface area contributed by atoms with Crippen molar-refractivity contribution in [3.8, 4) is 0 Å². The molecule has 1 fully saturated rings. The highest BCUT2D eigenvalue weighted by Gasteiger charge is 2.47. The van der Waals surface area contributed by atoms with Gasteiger partial charge in [-0.3, -0.25) is 9.59 Å². The van der Waals surface area contributed by atoms with E-state index in [9.17, 15) is 35.1 Å². The van der Waals surface area contributed by atoms with Gasteiger partial charge in [-0.05, 0) is 122 Å². The standard InChI is InChI=1S/C79H133NO10/c1-4-7-10-13-16-19-22-25-27-29-31-33-35-36-37-39-40-42-44-46-48-51-54-57-60-63-66-72(83)78(87)80-70(71(82)65-62-59-56-53-50-24-21-18-15-12-9-6-3)69-88-79-77(76(86)75(85)73(68-81)89-79)90-74(84)67-64-61-58-55-52-49-47-45-43-41-38-34-32-30-28-26-23-20-17-14-11-8-5-2/h7,10,16-17,19-20,25-28,31-34,36-37,40-43,62,65,70-73,75-77,79,81-83,85-86H,4-6,8-9,11-15,18,21-24,29-30,35,38-39,44-61,63-64,66-69H2,1-3H3,(H,80,87)/b10-7-,19-16-,20-17-,27-25-,28-26-,33-31-,34-32-,37-36-,42-40-,43-41-,65-62+. The van der Waals surface area contributed by atoms with Gasteiger partial charge in [0, 0.05) is 6.42 Å². The molecule has 8 atom stereocenters. The van der Waals surface area contributed by atoms with E-state index in [1.165, 1.54) is 77.0 Å². The van der Waals surface area contributed by atoms with Crippen molar-refractivity contribution < 1.29 is 49.3 Å². The van der Waals surface area contributed by atoms with Crippen molar-refractivity contribution in [1.82, 2.24) is 5.32 Å². The second-order valence-corrected chi connectivity index (χ2v) is 24.6. The molecule has 8 unspecified atom stereocenters. The number of esters is 1. The molecule has 6 N–H and O–H groups in total. The van der Waals surface area contributed by atoms with E-state index in [0.29, 0.717) is 12.8 Å². The molecule has 0 aliphatic carbocycles. The Kier molecular flexibility index (Phi) is 60.4. The fourth-order valence-corrected chi connectivity index (χ4v) is 10.6. The number of hydrogen-bond donors (Lipinski definition) is 6. The number of aliphatic hydroxyl groups is 5. The lowest BCUT2D eigenvalue weighted by atomic mass is 9.99. The van der Waals surface area contributed by atoms with Crippen molar-refractivity contribution in [2.24, 2.45) is 0 Å². The van der Waals surface area contributed by atoms with E-state index in [1.54, 1.807) is 6.08 Å². The van der Waals surface area contributed by atoms with Gasteiger partial charge in [0.15, 0.2) is 12.4 Å². The Hall–Kier alpha value is -4.20. The molecular weight excluding hydrogens is 1120 g/mol. The highest BCUT2D eigenvalue weighted by atomic mass is 16.7. The first kappa shape index (κ1) is 83.8. The number of amides is 1. The van der Waals surface area contributed by atoms with Gasteiger partial charge in [0.25, 0.3) is 0 Å². The monoisotopic (exact) mass is 1260 g/mol. The number of allylic oxidation sites excluding steroid dienone is 21. The van der Waals surface area contributed by atoms with E-state index < -0.39 is 67.4 Å². The van der Waals surface area contributed by atoms with Crippen LogP contribution in [0.3, 0.4) is 0 Å². The Labute approximate surface area is 550 Å². The number of hydrogen-bond acceptors (Lipinski definition) is 10. The molecule has 0 spiro atoms. The second kappa shape index (κ2) is 64.9. The molecule has 1 amide bonds. The highest BCUT2D eigenvalue weighted by Crippen LogP contribution is 2.26. The summed E-state index contributed by atoms with van der Waals surface area (Å²) >= 11 is 0. The summed E-state index contributed by atoms with van der Waals surface area (Å²) in [5.41, 5.74) is 0. The third-order valence-corrected chi connectivity index (χ3v) is 16.3. The van der Waals surface area contributed by atoms with Crippen LogP contribution in [0.1, 0.15) is 290 Å². The number of nitrogens with one attached hydrogen (secondary N) is 1. The van der Waals surface area contributed by atoms with Crippen molar-refractivity contribution in [2.45, 2.75) is 339 Å². The number of aliphatic hydroxyl groups excluding tert-OH is 5. The average Bonchev–Trinajstić information content (AvgIpc) is 1.11. The minimum absolute atomic E-state index is 0.104. The smallest absolute Gasteiger partial charge is 0.306 e. The molecule has 1 heterocycles. The Morgan fingerprint density at radius 3 is 1.22 bits per heavy atom. The fraction of sp³-hybridized carbons (Fsp3) is 0.696. The molecule has 0 aromatic heterocycles. The Morgan fingerprint density at radius 1 is 0.444 bits per heavy atom. The summed E-state index contributed by atoms with van der Waals surface area (Å²) in [5.74, 6) is -1.22. The van der Waals surface area contributed by atoms with E-state index in [1.807, 2.05) is 6.08 Å². The number of ether oxygens (including phenoxy) is 3. The molecule has 11 heteroatoms. The molecule has 0 bridgehead atoms. The van der Waals surface area contributed by atoms with Gasteiger partial charge in [0.05, 0.1) is 25.4 Å². The third-order valence-electron chi connectivity index (χ3n) is 16.3. The first-order chi connectivity index (χ1) is 44.2. The Balaban J connectivity index is 2.59. The SMILES string of the molecule is CC/C=C\C/C=C\C/C=C\C/C=C\C/C=C\C/C=C\CCCCCCCCCC(O)C(=O)NC(COC1OC(CO)C(O)C(O)C1OC(=O)CCCCCCCCC/C=C\C/C=C\C/C=C\C/C=C\CCCCC)C(O)/C=C/CCCCCCCCCCCC. The maximum Gasteiger partial charge on any atom is 0.306 e. The molecule has 0 radical (unpaired) electrons. The molecule has 1 saturated heterocycles. The summed E-state index contributed by atoms with van der Waals surface area (Å²) in [6, 6.07) is -1.04. The van der Waals surface area contributed by atoms with Gasteiger partial charge in [-0.25, -0.2) is 0 Å². The molecule has 1 aliphatic heterocycles. The van der Waals surface area contributed by atoms with Crippen LogP contribution in [0.4, 0.5) is 0 Å². The van der Waals surface area contributed by atoms with Gasteiger partial charge in [0.1, 0.15) is 24.4 Å². The van der Waals surface area contributed by atoms with Crippen molar-refractivity contribution in [3.63, 3.8) is 0 Å². The van der Waals surface area contributed by atoms with Crippen LogP contribution in [0.2, 0.25) is 0 Å². The molecule has 1 aliphatic rings. The van der Waals surface area contributed by atoms with Crippen LogP contribution in [0.5, 0.6) is 0 Å². The zero-order valence-electron chi connectivity index (χ0n) is 57.2. The van der Waals surface area contributed by atoms with Gasteiger partial charge in [-0.2, -0.15) is 0 Å². The summed E-state index contributed by atoms with van der Waals surface area (Å²) in [6.45, 7) is 5.65. The van der Waals surface area contributed by atoms with Gasteiger partial charge in [-0.1, -0.05) is 296 Å². The van der Waals surface area contributed by atoms with E-state index in [4.69, 9.17) is 14.2 Å². The van der Waals surface area contributed by atoms with Crippen LogP contribution in [0, 0.1) is 0 Å². The first-order valence-corrected chi connectivity index (χ1v) is 36.5. The summed E-state index contributed by atoms with van der Waals surface area (Å²) in [5, 5.41) is 57.3. The number of carbonyl (C=O) groups excluding carboxylic acids is 2. The summed E-state index contributed by atoms with van der Waals surface area (Å²) in [4.78, 5) is 26.7. The maximum atomic E-state index is 13.5. The normalized spacial score (nSPS) is 18.9. The van der Waals surface area contributed by atoms with Crippen molar-refractivity contribution in [2.75, 3.05) is 13.2 Å². The molecule has 0 aromatic rings. The molecule has 90 heavy (non-hydrogen) atoms. The number of rotatable bonds is 61. The molecule has 0 aromatic carbocycles. The van der Waals surface area contributed by atoms with Crippen LogP contribution >= 0.6 is 0 Å². The second-order valence-electron chi connectivity index (χ2n) is 24.6. The molecular formula is C79H133NO10. The fourth-order valence-electron chi connectivity index (χ4n) is 10.6. The summed E-state index contributed by atoms with van der Waals surface area (Å²) in [6.07, 6.45) is 81.9. The van der Waals surface area contributed by atoms with Crippen LogP contribution in [-0.2, 0) is 23.8 Å². The van der Waals surface area contributed by atoms with E-state index in [-0.39, 0.29) is 19.4 Å². The lowest BCUT2D eigenvalue weighted by molar-refractivity contribution is -0.305. The number of carbonyl (C=O) groups is 2. The molecule has 11 nitrogen and oxygen atoms in total. The molecule has 1 rings (SSSR count). The first-order valence-electron chi connectivity index (χ1n) is 36.5. The van der Waals surface area contributed by atoms with E-state index in [2.05, 4.69) is 148 Å². The average molecular weight is 1260 g/mol. The van der Waals surface area contributed by atoms with Crippen LogP contribution in [0.25, 0.3) is 0 Å². The maximum absolute atomic E-state index is 13.5. The minimum atomic E-state index is -1.63. The van der Waals surface area contributed by atoms with Gasteiger partial charge < -0.3 is 45.1 Å². The number of unbranched alkanes of at least 4 members (excludes halogenated alkanes) is 27. The lowest BCUT2D eigenvalue weighted by Gasteiger charge is -2.41. The Morgan fingerprint density at radius 2 is 0.800 bits per heavy atom. The van der Waals surface area contributed by atoms with Crippen molar-refractivity contribution in [3.05, 3.63) is 134 Å². The van der Waals surface area contributed by atoms with Crippen molar-refractivity contribution in [1.29, 1.82) is 0 Å². The quantitative estimate of drug-likeness (QED) is 0.0195. The van der Waals surface area contributed by atoms with Gasteiger partial charge in [0.2, 0.25) is 5.91 Å². The summed E-state index contributed by atoms with van der Waals surface area (Å²) < 4.78 is 17.7. The predicted octanol–water partition coefficient (Wildman–Crippen LogP) is 19.1. The molecule has 0 saturated carbocycles. The third kappa shape index (κ3) is 51.3. The van der Waals surface area contributed by atoms with E-state index >= 15 is 0 Å². The highest BCUT2D eigenvalue weighted by molar-refractivity contribution is 5.80. The minimum Gasteiger partial charge on any atom is -0.454 e. The zero-order valence-corrected chi connectivity index (χ0v) is 57.2.